The van der Waals surface area contributed by atoms with Crippen LogP contribution < -0.4 is 10.5 Å². The van der Waals surface area contributed by atoms with Gasteiger partial charge in [-0.2, -0.15) is 13.2 Å². The third kappa shape index (κ3) is 3.35. The Morgan fingerprint density at radius 3 is 1.96 bits per heavy atom. The monoisotopic (exact) mass is 335 g/mol. The average Bonchev–Trinajstić information content (AvgIpc) is 2.45. The molecular formula is C15H11F6NO. The molecule has 0 aliphatic carbocycles. The lowest BCUT2D eigenvalue weighted by molar-refractivity contribution is -0.274. The van der Waals surface area contributed by atoms with Crippen LogP contribution in [0.15, 0.2) is 48.5 Å². The largest absolute Gasteiger partial charge is 0.457 e. The standard InChI is InChI=1S/C15H11F6NO/c16-13(17)14(18,15(19,20)21)9-3-1-5-11(7-9)23-12-6-2-4-10(22)8-12/h1-8,13H,22H2. The molecule has 2 aromatic rings. The second-order valence-corrected chi connectivity index (χ2v) is 4.71. The van der Waals surface area contributed by atoms with E-state index in [0.717, 1.165) is 6.07 Å². The SMILES string of the molecule is Nc1cccc(Oc2cccc(C(F)(C(F)F)C(F)(F)F)c2)c1. The van der Waals surface area contributed by atoms with Crippen LogP contribution in [0.2, 0.25) is 0 Å². The third-order valence-corrected chi connectivity index (χ3v) is 3.06. The molecule has 0 aliphatic rings. The number of alkyl halides is 6. The van der Waals surface area contributed by atoms with Crippen molar-refractivity contribution in [1.29, 1.82) is 0 Å². The van der Waals surface area contributed by atoms with Gasteiger partial charge in [0.25, 0.3) is 12.1 Å². The Kier molecular flexibility index (Phi) is 4.44. The first-order valence-electron chi connectivity index (χ1n) is 6.32. The number of anilines is 1. The number of nitrogen functional groups attached to an aromatic ring is 1. The van der Waals surface area contributed by atoms with Gasteiger partial charge in [0, 0.05) is 17.3 Å². The van der Waals surface area contributed by atoms with Crippen LogP contribution in [0, 0.1) is 0 Å². The van der Waals surface area contributed by atoms with Gasteiger partial charge in [0.1, 0.15) is 11.5 Å². The second-order valence-electron chi connectivity index (χ2n) is 4.71. The highest BCUT2D eigenvalue weighted by Crippen LogP contribution is 2.47. The molecule has 2 aromatic carbocycles. The zero-order valence-corrected chi connectivity index (χ0v) is 11.4. The molecule has 2 N–H and O–H groups in total. The van der Waals surface area contributed by atoms with E-state index >= 15 is 0 Å². The van der Waals surface area contributed by atoms with E-state index in [1.54, 1.807) is 6.07 Å². The molecule has 0 fully saturated rings. The number of benzene rings is 2. The summed E-state index contributed by atoms with van der Waals surface area (Å²) >= 11 is 0. The van der Waals surface area contributed by atoms with Gasteiger partial charge in [0.2, 0.25) is 0 Å². The average molecular weight is 335 g/mol. The molecule has 0 saturated carbocycles. The van der Waals surface area contributed by atoms with Crippen molar-refractivity contribution in [3.8, 4) is 11.5 Å². The van der Waals surface area contributed by atoms with Crippen molar-refractivity contribution in [1.82, 2.24) is 0 Å². The van der Waals surface area contributed by atoms with Crippen LogP contribution in [0.4, 0.5) is 32.0 Å². The van der Waals surface area contributed by atoms with E-state index in [9.17, 15) is 26.3 Å². The molecule has 0 bridgehead atoms. The predicted molar refractivity (Wildman–Crippen MR) is 72.2 cm³/mol. The maximum Gasteiger partial charge on any atom is 0.432 e. The summed E-state index contributed by atoms with van der Waals surface area (Å²) in [5.41, 5.74) is -0.156. The van der Waals surface area contributed by atoms with Crippen molar-refractivity contribution in [2.75, 3.05) is 5.73 Å². The molecule has 1 unspecified atom stereocenters. The Bertz CT molecular complexity index is 688. The number of nitrogens with two attached hydrogens (primary N) is 1. The Morgan fingerprint density at radius 1 is 0.870 bits per heavy atom. The summed E-state index contributed by atoms with van der Waals surface area (Å²) in [6.45, 7) is 0. The molecule has 0 spiro atoms. The fraction of sp³-hybridized carbons (Fsp3) is 0.200. The molecule has 0 amide bonds. The molecule has 2 nitrogen and oxygen atoms in total. The van der Waals surface area contributed by atoms with Gasteiger partial charge in [-0.05, 0) is 24.3 Å². The molecule has 2 rings (SSSR count). The van der Waals surface area contributed by atoms with Crippen LogP contribution in [-0.2, 0) is 5.67 Å². The number of hydrogen-bond acceptors (Lipinski definition) is 2. The van der Waals surface area contributed by atoms with Gasteiger partial charge in [0.05, 0.1) is 0 Å². The van der Waals surface area contributed by atoms with Crippen molar-refractivity contribution < 1.29 is 31.1 Å². The highest BCUT2D eigenvalue weighted by molar-refractivity contribution is 5.45. The predicted octanol–water partition coefficient (Wildman–Crippen LogP) is 5.05. The van der Waals surface area contributed by atoms with E-state index < -0.39 is 23.8 Å². The number of halogens is 6. The van der Waals surface area contributed by atoms with Crippen molar-refractivity contribution in [2.24, 2.45) is 0 Å². The molecule has 1 atom stereocenters. The normalized spacial score (nSPS) is 14.6. The fourth-order valence-electron chi connectivity index (χ4n) is 1.91. The van der Waals surface area contributed by atoms with Crippen LogP contribution >= 0.6 is 0 Å². The first-order valence-corrected chi connectivity index (χ1v) is 6.32. The maximum atomic E-state index is 14.0. The van der Waals surface area contributed by atoms with Crippen molar-refractivity contribution in [2.45, 2.75) is 18.3 Å². The molecule has 0 saturated heterocycles. The summed E-state index contributed by atoms with van der Waals surface area (Å²) in [5.74, 6) is -0.0457. The summed E-state index contributed by atoms with van der Waals surface area (Å²) in [6, 6.07) is 9.36. The van der Waals surface area contributed by atoms with E-state index in [4.69, 9.17) is 10.5 Å². The van der Waals surface area contributed by atoms with Gasteiger partial charge >= 0.3 is 6.18 Å². The molecule has 0 aliphatic heterocycles. The number of hydrogen-bond donors (Lipinski definition) is 1. The highest BCUT2D eigenvalue weighted by atomic mass is 19.4. The van der Waals surface area contributed by atoms with Crippen molar-refractivity contribution >= 4 is 5.69 Å². The second kappa shape index (κ2) is 6.02. The quantitative estimate of drug-likeness (QED) is 0.627. The lowest BCUT2D eigenvalue weighted by Gasteiger charge is -2.27. The topological polar surface area (TPSA) is 35.2 Å². The van der Waals surface area contributed by atoms with Gasteiger partial charge < -0.3 is 10.5 Å². The zero-order chi connectivity index (χ0) is 17.3. The smallest absolute Gasteiger partial charge is 0.432 e. The van der Waals surface area contributed by atoms with Crippen LogP contribution in [-0.4, -0.2) is 12.6 Å². The number of rotatable bonds is 4. The fourth-order valence-corrected chi connectivity index (χ4v) is 1.91. The highest BCUT2D eigenvalue weighted by Gasteiger charge is 2.64. The maximum absolute atomic E-state index is 14.0. The molecule has 23 heavy (non-hydrogen) atoms. The van der Waals surface area contributed by atoms with Crippen LogP contribution in [0.25, 0.3) is 0 Å². The summed E-state index contributed by atoms with van der Waals surface area (Å²) in [4.78, 5) is 0. The van der Waals surface area contributed by atoms with Gasteiger partial charge in [-0.15, -0.1) is 0 Å². The molecule has 8 heteroatoms. The van der Waals surface area contributed by atoms with E-state index in [0.29, 0.717) is 17.8 Å². The van der Waals surface area contributed by atoms with Gasteiger partial charge in [0.15, 0.2) is 0 Å². The number of ether oxygens (including phenoxy) is 1. The molecular weight excluding hydrogens is 324 g/mol. The zero-order valence-electron chi connectivity index (χ0n) is 11.4. The van der Waals surface area contributed by atoms with Crippen LogP contribution in [0.5, 0.6) is 11.5 Å². The lowest BCUT2D eigenvalue weighted by Crippen LogP contribution is -2.44. The van der Waals surface area contributed by atoms with E-state index in [1.165, 1.54) is 24.3 Å². The van der Waals surface area contributed by atoms with E-state index in [2.05, 4.69) is 0 Å². The Balaban J connectivity index is 2.39. The van der Waals surface area contributed by atoms with Crippen molar-refractivity contribution in [3.05, 3.63) is 54.1 Å². The summed E-state index contributed by atoms with van der Waals surface area (Å²) in [7, 11) is 0. The van der Waals surface area contributed by atoms with Gasteiger partial charge in [-0.25, -0.2) is 13.2 Å². The molecule has 124 valence electrons. The van der Waals surface area contributed by atoms with Gasteiger partial charge in [-0.3, -0.25) is 0 Å². The minimum atomic E-state index is -5.77. The Morgan fingerprint density at radius 2 is 1.43 bits per heavy atom. The van der Waals surface area contributed by atoms with Gasteiger partial charge in [-0.1, -0.05) is 18.2 Å². The van der Waals surface area contributed by atoms with Crippen LogP contribution in [0.3, 0.4) is 0 Å². The van der Waals surface area contributed by atoms with E-state index in [-0.39, 0.29) is 11.5 Å². The molecule has 0 radical (unpaired) electrons. The lowest BCUT2D eigenvalue weighted by atomic mass is 9.95. The third-order valence-electron chi connectivity index (χ3n) is 3.06. The molecule has 0 heterocycles. The Labute approximate surface area is 127 Å². The van der Waals surface area contributed by atoms with E-state index in [1.807, 2.05) is 0 Å². The first kappa shape index (κ1) is 17.0. The Hall–Kier alpha value is -2.38. The minimum Gasteiger partial charge on any atom is -0.457 e. The summed E-state index contributed by atoms with van der Waals surface area (Å²) in [6.07, 6.45) is -10.0. The first-order chi connectivity index (χ1) is 10.6. The minimum absolute atomic E-state index is 0.177. The summed E-state index contributed by atoms with van der Waals surface area (Å²) < 4.78 is 82.9. The van der Waals surface area contributed by atoms with Crippen molar-refractivity contribution in [3.63, 3.8) is 0 Å². The van der Waals surface area contributed by atoms with Crippen LogP contribution in [0.1, 0.15) is 5.56 Å². The molecule has 0 aromatic heterocycles. The summed E-state index contributed by atoms with van der Waals surface area (Å²) in [5, 5.41) is 0.